The summed E-state index contributed by atoms with van der Waals surface area (Å²) in [4.78, 5) is 9.02. The minimum atomic E-state index is 0.0918. The van der Waals surface area contributed by atoms with Crippen molar-refractivity contribution >= 4 is 5.82 Å². The maximum Gasteiger partial charge on any atom is 0.132 e. The van der Waals surface area contributed by atoms with Gasteiger partial charge >= 0.3 is 0 Å². The summed E-state index contributed by atoms with van der Waals surface area (Å²) in [5, 5.41) is 10.7. The van der Waals surface area contributed by atoms with E-state index in [0.717, 1.165) is 50.3 Å². The van der Waals surface area contributed by atoms with Crippen LogP contribution in [0.15, 0.2) is 18.6 Å². The number of hydrogen-bond acceptors (Lipinski definition) is 5. The summed E-state index contributed by atoms with van der Waals surface area (Å²) in [6.45, 7) is 1.69. The molecule has 2 aromatic heterocycles. The van der Waals surface area contributed by atoms with Gasteiger partial charge in [-0.2, -0.15) is 5.10 Å². The average Bonchev–Trinajstić information content (AvgIpc) is 3.05. The summed E-state index contributed by atoms with van der Waals surface area (Å²) < 4.78 is 6.01. The highest BCUT2D eigenvalue weighted by atomic mass is 16.5. The Hall–Kier alpha value is -1.95. The fraction of sp³-hybridized carbons (Fsp3) is 0.611. The third-order valence-corrected chi connectivity index (χ3v) is 5.18. The van der Waals surface area contributed by atoms with Crippen LogP contribution in [0.2, 0.25) is 0 Å². The Morgan fingerprint density at radius 2 is 2.12 bits per heavy atom. The van der Waals surface area contributed by atoms with Gasteiger partial charge in [0.2, 0.25) is 0 Å². The number of aromatic nitrogens is 4. The summed E-state index contributed by atoms with van der Waals surface area (Å²) in [6, 6.07) is 2.01. The normalized spacial score (nSPS) is 24.2. The molecule has 1 aliphatic carbocycles. The van der Waals surface area contributed by atoms with Gasteiger partial charge in [-0.3, -0.25) is 5.10 Å². The molecule has 2 N–H and O–H groups in total. The maximum absolute atomic E-state index is 6.01. The molecule has 6 nitrogen and oxygen atoms in total. The number of rotatable bonds is 4. The fourth-order valence-corrected chi connectivity index (χ4v) is 3.90. The number of ether oxygens (including phenoxy) is 1. The molecule has 1 saturated heterocycles. The molecular weight excluding hydrogens is 302 g/mol. The molecule has 4 rings (SSSR count). The Kier molecular flexibility index (Phi) is 4.74. The van der Waals surface area contributed by atoms with Crippen LogP contribution in [0, 0.1) is 5.92 Å². The molecular formula is C18H25N5O. The summed E-state index contributed by atoms with van der Waals surface area (Å²) in [6.07, 6.45) is 11.8. The molecule has 1 fully saturated rings. The lowest BCUT2D eigenvalue weighted by molar-refractivity contribution is -0.0264. The van der Waals surface area contributed by atoms with E-state index in [1.807, 2.05) is 6.07 Å². The minimum Gasteiger partial charge on any atom is -0.372 e. The van der Waals surface area contributed by atoms with Gasteiger partial charge in [0.15, 0.2) is 0 Å². The highest BCUT2D eigenvalue weighted by Gasteiger charge is 2.28. The molecule has 2 atom stereocenters. The average molecular weight is 327 g/mol. The van der Waals surface area contributed by atoms with Crippen molar-refractivity contribution in [3.05, 3.63) is 35.5 Å². The van der Waals surface area contributed by atoms with E-state index < -0.39 is 0 Å². The molecule has 0 aromatic carbocycles. The second-order valence-corrected chi connectivity index (χ2v) is 6.79. The van der Waals surface area contributed by atoms with Gasteiger partial charge in [-0.25, -0.2) is 9.97 Å². The molecule has 3 heterocycles. The van der Waals surface area contributed by atoms with Gasteiger partial charge in [0, 0.05) is 36.5 Å². The molecule has 0 radical (unpaired) electrons. The SMILES string of the molecule is c1cc([C@@H]2OCCC[C@H]2CNc2ncnc3c2CCCCC3)[nH]n1. The standard InChI is InChI=1S/C18H25N5O/c1-2-6-14-15(7-3-1)20-12-21-18(14)19-11-13-5-4-10-24-17(13)16-8-9-22-23-16/h8-9,12-13,17H,1-7,10-11H2,(H,22,23)(H,19,20,21)/t13-,17+/m0/s1. The number of hydrogen-bond donors (Lipinski definition) is 2. The quantitative estimate of drug-likeness (QED) is 0.844. The molecule has 2 aliphatic rings. The van der Waals surface area contributed by atoms with Crippen molar-refractivity contribution in [3.8, 4) is 0 Å². The Balaban J connectivity index is 1.48. The zero-order valence-corrected chi connectivity index (χ0v) is 14.0. The molecule has 0 spiro atoms. The van der Waals surface area contributed by atoms with E-state index in [4.69, 9.17) is 4.74 Å². The number of anilines is 1. The molecule has 128 valence electrons. The van der Waals surface area contributed by atoms with Crippen molar-refractivity contribution in [1.82, 2.24) is 20.2 Å². The van der Waals surface area contributed by atoms with Gasteiger partial charge in [0.1, 0.15) is 18.2 Å². The Morgan fingerprint density at radius 3 is 3.04 bits per heavy atom. The lowest BCUT2D eigenvalue weighted by Gasteiger charge is -2.31. The second-order valence-electron chi connectivity index (χ2n) is 6.79. The van der Waals surface area contributed by atoms with Crippen molar-refractivity contribution in [1.29, 1.82) is 0 Å². The largest absolute Gasteiger partial charge is 0.372 e. The van der Waals surface area contributed by atoms with Gasteiger partial charge in [0.25, 0.3) is 0 Å². The van der Waals surface area contributed by atoms with Crippen LogP contribution in [0.3, 0.4) is 0 Å². The van der Waals surface area contributed by atoms with Crippen molar-refractivity contribution in [2.24, 2.45) is 5.92 Å². The van der Waals surface area contributed by atoms with Crippen LogP contribution >= 0.6 is 0 Å². The number of aryl methyl sites for hydroxylation is 1. The predicted octanol–water partition coefficient (Wildman–Crippen LogP) is 3.05. The van der Waals surface area contributed by atoms with Crippen molar-refractivity contribution in [2.45, 2.75) is 51.0 Å². The first-order valence-electron chi connectivity index (χ1n) is 9.09. The van der Waals surface area contributed by atoms with E-state index in [0.29, 0.717) is 5.92 Å². The van der Waals surface area contributed by atoms with Gasteiger partial charge in [-0.15, -0.1) is 0 Å². The zero-order chi connectivity index (χ0) is 16.2. The first-order chi connectivity index (χ1) is 11.9. The van der Waals surface area contributed by atoms with Crippen molar-refractivity contribution in [3.63, 3.8) is 0 Å². The number of nitrogens with one attached hydrogen (secondary N) is 2. The van der Waals surface area contributed by atoms with Crippen LogP contribution in [0.4, 0.5) is 5.82 Å². The molecule has 2 aromatic rings. The van der Waals surface area contributed by atoms with E-state index >= 15 is 0 Å². The van der Waals surface area contributed by atoms with Gasteiger partial charge < -0.3 is 10.1 Å². The molecule has 0 unspecified atom stereocenters. The van der Waals surface area contributed by atoms with Crippen LogP contribution in [0.5, 0.6) is 0 Å². The van der Waals surface area contributed by atoms with Crippen LogP contribution < -0.4 is 5.32 Å². The molecule has 0 saturated carbocycles. The molecule has 0 amide bonds. The summed E-state index contributed by atoms with van der Waals surface area (Å²) >= 11 is 0. The van der Waals surface area contributed by atoms with Crippen LogP contribution in [0.25, 0.3) is 0 Å². The maximum atomic E-state index is 6.01. The monoisotopic (exact) mass is 327 g/mol. The Labute approximate surface area is 142 Å². The Bertz CT molecular complexity index is 657. The first kappa shape index (κ1) is 15.6. The minimum absolute atomic E-state index is 0.0918. The van der Waals surface area contributed by atoms with E-state index in [-0.39, 0.29) is 6.10 Å². The third kappa shape index (κ3) is 3.29. The first-order valence-corrected chi connectivity index (χ1v) is 9.09. The number of fused-ring (bicyclic) bond motifs is 1. The number of nitrogens with zero attached hydrogens (tertiary/aromatic N) is 3. The van der Waals surface area contributed by atoms with Crippen LogP contribution in [-0.2, 0) is 17.6 Å². The van der Waals surface area contributed by atoms with Gasteiger partial charge in [0.05, 0.1) is 5.69 Å². The van der Waals surface area contributed by atoms with Crippen molar-refractivity contribution < 1.29 is 4.74 Å². The molecule has 24 heavy (non-hydrogen) atoms. The summed E-state index contributed by atoms with van der Waals surface area (Å²) in [7, 11) is 0. The Morgan fingerprint density at radius 1 is 1.17 bits per heavy atom. The molecule has 1 aliphatic heterocycles. The van der Waals surface area contributed by atoms with Crippen LogP contribution in [0.1, 0.15) is 55.2 Å². The summed E-state index contributed by atoms with van der Waals surface area (Å²) in [5.74, 6) is 1.45. The number of H-pyrrole nitrogens is 1. The highest BCUT2D eigenvalue weighted by molar-refractivity contribution is 5.46. The lowest BCUT2D eigenvalue weighted by atomic mass is 9.92. The topological polar surface area (TPSA) is 75.7 Å². The predicted molar refractivity (Wildman–Crippen MR) is 91.8 cm³/mol. The van der Waals surface area contributed by atoms with E-state index in [2.05, 4.69) is 25.5 Å². The van der Waals surface area contributed by atoms with Gasteiger partial charge in [-0.05, 0) is 44.6 Å². The molecule has 6 heteroatoms. The fourth-order valence-electron chi connectivity index (χ4n) is 3.90. The second kappa shape index (κ2) is 7.30. The summed E-state index contributed by atoms with van der Waals surface area (Å²) in [5.41, 5.74) is 3.63. The van der Waals surface area contributed by atoms with Gasteiger partial charge in [-0.1, -0.05) is 6.42 Å². The van der Waals surface area contributed by atoms with Crippen molar-refractivity contribution in [2.75, 3.05) is 18.5 Å². The van der Waals surface area contributed by atoms with E-state index in [1.165, 1.54) is 30.5 Å². The lowest BCUT2D eigenvalue weighted by Crippen LogP contribution is -2.29. The highest BCUT2D eigenvalue weighted by Crippen LogP contribution is 2.33. The third-order valence-electron chi connectivity index (χ3n) is 5.18. The zero-order valence-electron chi connectivity index (χ0n) is 14.0. The smallest absolute Gasteiger partial charge is 0.132 e. The van der Waals surface area contributed by atoms with Crippen LogP contribution in [-0.4, -0.2) is 33.3 Å². The molecule has 0 bridgehead atoms. The number of aromatic amines is 1. The van der Waals surface area contributed by atoms with E-state index in [1.54, 1.807) is 12.5 Å². The van der Waals surface area contributed by atoms with E-state index in [9.17, 15) is 0 Å².